The molecule has 1 N–H and O–H groups in total. The van der Waals surface area contributed by atoms with E-state index in [4.69, 9.17) is 4.74 Å². The molecule has 158 valence electrons. The molecule has 1 heterocycles. The first-order valence-corrected chi connectivity index (χ1v) is 10.8. The van der Waals surface area contributed by atoms with Gasteiger partial charge in [-0.15, -0.1) is 0 Å². The number of ether oxygens (including phenoxy) is 1. The molecule has 3 rings (SSSR count). The molecule has 2 aliphatic rings. The fourth-order valence-electron chi connectivity index (χ4n) is 4.75. The Kier molecular flexibility index (Phi) is 7.67. The fourth-order valence-corrected chi connectivity index (χ4v) is 4.75. The molecule has 0 aromatic heterocycles. The Bertz CT molecular complexity index is 704. The van der Waals surface area contributed by atoms with Gasteiger partial charge in [-0.3, -0.25) is 9.59 Å². The van der Waals surface area contributed by atoms with Gasteiger partial charge in [0, 0.05) is 25.4 Å². The van der Waals surface area contributed by atoms with Gasteiger partial charge in [0.2, 0.25) is 11.8 Å². The molecule has 0 spiro atoms. The highest BCUT2D eigenvalue weighted by Gasteiger charge is 2.35. The van der Waals surface area contributed by atoms with Crippen molar-refractivity contribution >= 4 is 17.8 Å². The first-order chi connectivity index (χ1) is 14.1. The lowest BCUT2D eigenvalue weighted by molar-refractivity contribution is -0.145. The largest absolute Gasteiger partial charge is 0.467 e. The van der Waals surface area contributed by atoms with E-state index in [1.807, 2.05) is 18.2 Å². The quantitative estimate of drug-likeness (QED) is 0.712. The van der Waals surface area contributed by atoms with E-state index in [1.54, 1.807) is 12.1 Å². The molecule has 29 heavy (non-hydrogen) atoms. The number of hydrogen-bond donors (Lipinski definition) is 1. The number of hydrogen-bond acceptors (Lipinski definition) is 4. The maximum absolute atomic E-state index is 12.8. The van der Waals surface area contributed by atoms with Crippen molar-refractivity contribution < 1.29 is 19.1 Å². The second-order valence-electron chi connectivity index (χ2n) is 8.13. The molecule has 1 aromatic carbocycles. The van der Waals surface area contributed by atoms with Crippen LogP contribution in [0.1, 0.15) is 69.4 Å². The van der Waals surface area contributed by atoms with Crippen molar-refractivity contribution in [1.29, 1.82) is 0 Å². The lowest BCUT2D eigenvalue weighted by Gasteiger charge is -2.44. The Balaban J connectivity index is 1.48. The lowest BCUT2D eigenvalue weighted by atomic mass is 9.78. The molecule has 0 bridgehead atoms. The van der Waals surface area contributed by atoms with Gasteiger partial charge in [-0.2, -0.15) is 0 Å². The number of methoxy groups -OCH3 is 1. The standard InChI is InChI=1S/C23H32N2O4/c1-29-23(28)22(18-10-3-2-4-11-18)24-20(26)14-7-15-21(27)25-16-8-12-17-9-5-6-13-19(17)25/h2-4,10-11,17,19,22H,5-9,12-16H2,1H3,(H,24,26)/t17?,19?,22-/m1/s1. The highest BCUT2D eigenvalue weighted by molar-refractivity contribution is 5.85. The third-order valence-corrected chi connectivity index (χ3v) is 6.23. The smallest absolute Gasteiger partial charge is 0.333 e. The van der Waals surface area contributed by atoms with Crippen molar-refractivity contribution in [3.05, 3.63) is 35.9 Å². The Labute approximate surface area is 173 Å². The van der Waals surface area contributed by atoms with Gasteiger partial charge in [0.1, 0.15) is 0 Å². The number of nitrogens with one attached hydrogen (secondary N) is 1. The minimum absolute atomic E-state index is 0.168. The van der Waals surface area contributed by atoms with Crippen LogP contribution in [0.5, 0.6) is 0 Å². The van der Waals surface area contributed by atoms with E-state index in [9.17, 15) is 14.4 Å². The average molecular weight is 401 g/mol. The van der Waals surface area contributed by atoms with Crippen LogP contribution in [0.3, 0.4) is 0 Å². The minimum atomic E-state index is -0.825. The van der Waals surface area contributed by atoms with Gasteiger partial charge in [-0.1, -0.05) is 43.2 Å². The Morgan fingerprint density at radius 2 is 1.79 bits per heavy atom. The molecule has 3 atom stereocenters. The van der Waals surface area contributed by atoms with Crippen LogP contribution in [0.2, 0.25) is 0 Å². The number of carbonyl (C=O) groups is 3. The van der Waals surface area contributed by atoms with Gasteiger partial charge in [-0.05, 0) is 43.6 Å². The van der Waals surface area contributed by atoms with Crippen LogP contribution in [0.15, 0.2) is 30.3 Å². The van der Waals surface area contributed by atoms with Crippen LogP contribution in [0.25, 0.3) is 0 Å². The maximum atomic E-state index is 12.8. The number of amides is 2. The molecule has 2 fully saturated rings. The summed E-state index contributed by atoms with van der Waals surface area (Å²) >= 11 is 0. The molecule has 2 unspecified atom stereocenters. The minimum Gasteiger partial charge on any atom is -0.467 e. The summed E-state index contributed by atoms with van der Waals surface area (Å²) < 4.78 is 4.83. The Morgan fingerprint density at radius 1 is 1.07 bits per heavy atom. The van der Waals surface area contributed by atoms with E-state index in [2.05, 4.69) is 10.2 Å². The predicted octanol–water partition coefficient (Wildman–Crippen LogP) is 3.37. The lowest BCUT2D eigenvalue weighted by Crippen LogP contribution is -2.49. The van der Waals surface area contributed by atoms with Crippen molar-refractivity contribution in [1.82, 2.24) is 10.2 Å². The number of benzene rings is 1. The molecular weight excluding hydrogens is 368 g/mol. The SMILES string of the molecule is COC(=O)[C@H](NC(=O)CCCC(=O)N1CCCC2CCCCC21)c1ccccc1. The van der Waals surface area contributed by atoms with Crippen molar-refractivity contribution in [2.24, 2.45) is 5.92 Å². The number of fused-ring (bicyclic) bond motifs is 1. The van der Waals surface area contributed by atoms with Crippen molar-refractivity contribution in [3.8, 4) is 0 Å². The zero-order chi connectivity index (χ0) is 20.6. The summed E-state index contributed by atoms with van der Waals surface area (Å²) in [6.45, 7) is 0.852. The fraction of sp³-hybridized carbons (Fsp3) is 0.609. The number of carbonyl (C=O) groups excluding carboxylic acids is 3. The average Bonchev–Trinajstić information content (AvgIpc) is 2.77. The Morgan fingerprint density at radius 3 is 2.55 bits per heavy atom. The van der Waals surface area contributed by atoms with Gasteiger partial charge >= 0.3 is 5.97 Å². The topological polar surface area (TPSA) is 75.7 Å². The van der Waals surface area contributed by atoms with E-state index < -0.39 is 12.0 Å². The number of esters is 1. The number of likely N-dealkylation sites (tertiary alicyclic amines) is 1. The van der Waals surface area contributed by atoms with Gasteiger partial charge < -0.3 is 15.0 Å². The van der Waals surface area contributed by atoms with Crippen molar-refractivity contribution in [2.75, 3.05) is 13.7 Å². The first-order valence-electron chi connectivity index (χ1n) is 10.8. The van der Waals surface area contributed by atoms with Crippen LogP contribution in [0.4, 0.5) is 0 Å². The monoisotopic (exact) mass is 400 g/mol. The highest BCUT2D eigenvalue weighted by atomic mass is 16.5. The summed E-state index contributed by atoms with van der Waals surface area (Å²) in [7, 11) is 1.31. The number of nitrogens with zero attached hydrogens (tertiary/aromatic N) is 1. The second kappa shape index (κ2) is 10.4. The van der Waals surface area contributed by atoms with E-state index in [0.717, 1.165) is 19.4 Å². The second-order valence-corrected chi connectivity index (χ2v) is 8.13. The third-order valence-electron chi connectivity index (χ3n) is 6.23. The molecule has 0 radical (unpaired) electrons. The van der Waals surface area contributed by atoms with Crippen molar-refractivity contribution in [3.63, 3.8) is 0 Å². The molecule has 6 nitrogen and oxygen atoms in total. The molecule has 1 saturated carbocycles. The van der Waals surface area contributed by atoms with Crippen LogP contribution < -0.4 is 5.32 Å². The zero-order valence-corrected chi connectivity index (χ0v) is 17.3. The number of rotatable bonds is 7. The van der Waals surface area contributed by atoms with E-state index in [0.29, 0.717) is 30.4 Å². The molecule has 1 aromatic rings. The normalized spacial score (nSPS) is 22.3. The van der Waals surface area contributed by atoms with Gasteiger partial charge in [0.25, 0.3) is 0 Å². The maximum Gasteiger partial charge on any atom is 0.333 e. The predicted molar refractivity (Wildman–Crippen MR) is 110 cm³/mol. The Hall–Kier alpha value is -2.37. The molecular formula is C23H32N2O4. The molecule has 2 amide bonds. The summed E-state index contributed by atoms with van der Waals surface area (Å²) in [4.78, 5) is 39.3. The summed E-state index contributed by atoms with van der Waals surface area (Å²) in [6.07, 6.45) is 8.27. The number of piperidine rings is 1. The van der Waals surface area contributed by atoms with Crippen LogP contribution in [0, 0.1) is 5.92 Å². The van der Waals surface area contributed by atoms with Gasteiger partial charge in [-0.25, -0.2) is 4.79 Å². The van der Waals surface area contributed by atoms with Gasteiger partial charge in [0.15, 0.2) is 6.04 Å². The van der Waals surface area contributed by atoms with Gasteiger partial charge in [0.05, 0.1) is 7.11 Å². The summed E-state index contributed by atoms with van der Waals surface area (Å²) in [5.74, 6) is 0.0851. The molecule has 6 heteroatoms. The summed E-state index contributed by atoms with van der Waals surface area (Å²) in [5.41, 5.74) is 0.681. The van der Waals surface area contributed by atoms with Crippen LogP contribution in [-0.4, -0.2) is 42.4 Å². The zero-order valence-electron chi connectivity index (χ0n) is 17.3. The first kappa shape index (κ1) is 21.3. The van der Waals surface area contributed by atoms with Crippen LogP contribution >= 0.6 is 0 Å². The highest BCUT2D eigenvalue weighted by Crippen LogP contribution is 2.35. The summed E-state index contributed by atoms with van der Waals surface area (Å²) in [6, 6.07) is 8.61. The summed E-state index contributed by atoms with van der Waals surface area (Å²) in [5, 5.41) is 2.74. The van der Waals surface area contributed by atoms with E-state index in [1.165, 1.54) is 32.8 Å². The molecule has 1 saturated heterocycles. The van der Waals surface area contributed by atoms with Crippen molar-refractivity contribution in [2.45, 2.75) is 69.9 Å². The molecule has 1 aliphatic carbocycles. The van der Waals surface area contributed by atoms with E-state index >= 15 is 0 Å². The third kappa shape index (κ3) is 5.58. The van der Waals surface area contributed by atoms with E-state index in [-0.39, 0.29) is 18.2 Å². The van der Waals surface area contributed by atoms with Crippen LogP contribution in [-0.2, 0) is 19.1 Å². The molecule has 1 aliphatic heterocycles.